The minimum atomic E-state index is -4.82. The van der Waals surface area contributed by atoms with Crippen LogP contribution in [0.4, 0.5) is 17.6 Å². The molecule has 128 valence electrons. The number of alkyl halides is 3. The van der Waals surface area contributed by atoms with Crippen molar-refractivity contribution in [2.75, 3.05) is 20.1 Å². The highest BCUT2D eigenvalue weighted by Crippen LogP contribution is 2.20. The number of nitrogens with one attached hydrogen (secondary N) is 1. The molecule has 5 nitrogen and oxygen atoms in total. The van der Waals surface area contributed by atoms with Crippen molar-refractivity contribution in [1.82, 2.24) is 10.2 Å². The van der Waals surface area contributed by atoms with Gasteiger partial charge in [0.05, 0.1) is 19.5 Å². The van der Waals surface area contributed by atoms with Crippen molar-refractivity contribution in [3.05, 3.63) is 35.6 Å². The third-order valence-electron chi connectivity index (χ3n) is 2.94. The van der Waals surface area contributed by atoms with Crippen molar-refractivity contribution in [3.8, 4) is 0 Å². The monoisotopic (exact) mass is 336 g/mol. The van der Waals surface area contributed by atoms with E-state index in [1.54, 1.807) is 0 Å². The molecule has 23 heavy (non-hydrogen) atoms. The van der Waals surface area contributed by atoms with Gasteiger partial charge >= 0.3 is 6.18 Å². The molecule has 1 aromatic carbocycles. The summed E-state index contributed by atoms with van der Waals surface area (Å²) in [5.74, 6) is -1.87. The summed E-state index contributed by atoms with van der Waals surface area (Å²) in [4.78, 5) is 23.9. The van der Waals surface area contributed by atoms with Crippen LogP contribution in [0.3, 0.4) is 0 Å². The number of aliphatic hydroxyl groups excluding tert-OH is 1. The molecule has 0 aliphatic carbocycles. The number of amides is 2. The van der Waals surface area contributed by atoms with E-state index in [-0.39, 0.29) is 6.42 Å². The second-order valence-electron chi connectivity index (χ2n) is 4.92. The van der Waals surface area contributed by atoms with Crippen molar-refractivity contribution in [3.63, 3.8) is 0 Å². The molecular formula is C14H16F4N2O3. The molecule has 0 heterocycles. The van der Waals surface area contributed by atoms with Gasteiger partial charge in [-0.15, -0.1) is 0 Å². The van der Waals surface area contributed by atoms with Crippen molar-refractivity contribution < 1.29 is 32.3 Å². The van der Waals surface area contributed by atoms with E-state index in [9.17, 15) is 27.2 Å². The summed E-state index contributed by atoms with van der Waals surface area (Å²) >= 11 is 0. The Hall–Kier alpha value is -2.16. The van der Waals surface area contributed by atoms with Gasteiger partial charge < -0.3 is 15.3 Å². The van der Waals surface area contributed by atoms with E-state index in [2.05, 4.69) is 5.32 Å². The van der Waals surface area contributed by atoms with Crippen LogP contribution >= 0.6 is 0 Å². The van der Waals surface area contributed by atoms with Gasteiger partial charge in [-0.1, -0.05) is 12.1 Å². The molecule has 0 aromatic heterocycles. The molecule has 0 saturated carbocycles. The molecule has 0 radical (unpaired) electrons. The van der Waals surface area contributed by atoms with Gasteiger partial charge in [0.25, 0.3) is 0 Å². The standard InChI is InChI=1S/C14H16F4N2O3/c1-20(8-11(21)14(16,17)18)13(23)7-19-12(22)6-9-3-2-4-10(15)5-9/h2-5,11,21H,6-8H2,1H3,(H,19,22). The molecule has 2 amide bonds. The highest BCUT2D eigenvalue weighted by molar-refractivity contribution is 5.85. The molecule has 2 N–H and O–H groups in total. The normalized spacial score (nSPS) is 12.6. The minimum Gasteiger partial charge on any atom is -0.382 e. The fourth-order valence-electron chi connectivity index (χ4n) is 1.67. The van der Waals surface area contributed by atoms with Gasteiger partial charge in [-0.25, -0.2) is 4.39 Å². The first-order chi connectivity index (χ1) is 10.6. The summed E-state index contributed by atoms with van der Waals surface area (Å²) in [7, 11) is 1.08. The summed E-state index contributed by atoms with van der Waals surface area (Å²) in [6, 6.07) is 5.32. The largest absolute Gasteiger partial charge is 0.416 e. The van der Waals surface area contributed by atoms with E-state index in [0.29, 0.717) is 10.5 Å². The van der Waals surface area contributed by atoms with Gasteiger partial charge in [-0.05, 0) is 17.7 Å². The highest BCUT2D eigenvalue weighted by Gasteiger charge is 2.39. The Labute approximate surface area is 129 Å². The Bertz CT molecular complexity index is 563. The van der Waals surface area contributed by atoms with Gasteiger partial charge in [0, 0.05) is 7.05 Å². The zero-order valence-corrected chi connectivity index (χ0v) is 12.2. The number of aliphatic hydroxyl groups is 1. The zero-order valence-electron chi connectivity index (χ0n) is 12.2. The second-order valence-corrected chi connectivity index (χ2v) is 4.92. The lowest BCUT2D eigenvalue weighted by atomic mass is 10.1. The van der Waals surface area contributed by atoms with Crippen molar-refractivity contribution in [2.45, 2.75) is 18.7 Å². The molecule has 9 heteroatoms. The summed E-state index contributed by atoms with van der Waals surface area (Å²) in [5.41, 5.74) is 0.399. The number of likely N-dealkylation sites (N-methyl/N-ethyl adjacent to an activating group) is 1. The molecule has 0 aliphatic heterocycles. The molecule has 0 fully saturated rings. The van der Waals surface area contributed by atoms with Crippen molar-refractivity contribution >= 4 is 11.8 Å². The summed E-state index contributed by atoms with van der Waals surface area (Å²) in [6.07, 6.45) is -7.64. The SMILES string of the molecule is CN(CC(O)C(F)(F)F)C(=O)CNC(=O)Cc1cccc(F)c1. The van der Waals surface area contributed by atoms with Gasteiger partial charge in [0.15, 0.2) is 6.10 Å². The van der Waals surface area contributed by atoms with Gasteiger partial charge in [-0.3, -0.25) is 9.59 Å². The van der Waals surface area contributed by atoms with Crippen LogP contribution in [-0.2, 0) is 16.0 Å². The Morgan fingerprint density at radius 3 is 2.57 bits per heavy atom. The fraction of sp³-hybridized carbons (Fsp3) is 0.429. The number of carbonyl (C=O) groups excluding carboxylic acids is 2. The summed E-state index contributed by atoms with van der Waals surface area (Å²) in [6.45, 7) is -1.45. The van der Waals surface area contributed by atoms with Crippen LogP contribution in [-0.4, -0.2) is 54.2 Å². The maximum absolute atomic E-state index is 12.9. The number of rotatable bonds is 6. The molecule has 1 atom stereocenters. The lowest BCUT2D eigenvalue weighted by molar-refractivity contribution is -0.207. The average Bonchev–Trinajstić information content (AvgIpc) is 2.43. The first kappa shape index (κ1) is 18.9. The number of benzene rings is 1. The van der Waals surface area contributed by atoms with Crippen LogP contribution in [0, 0.1) is 5.82 Å². The molecule has 0 spiro atoms. The zero-order chi connectivity index (χ0) is 17.6. The Morgan fingerprint density at radius 2 is 2.00 bits per heavy atom. The predicted molar refractivity (Wildman–Crippen MR) is 72.8 cm³/mol. The molecule has 1 aromatic rings. The first-order valence-electron chi connectivity index (χ1n) is 6.59. The van der Waals surface area contributed by atoms with Crippen molar-refractivity contribution in [1.29, 1.82) is 0 Å². The molecule has 1 unspecified atom stereocenters. The maximum Gasteiger partial charge on any atom is 0.416 e. The van der Waals surface area contributed by atoms with Crippen LogP contribution in [0.25, 0.3) is 0 Å². The molecule has 0 bridgehead atoms. The van der Waals surface area contributed by atoms with E-state index in [1.165, 1.54) is 18.2 Å². The number of hydrogen-bond donors (Lipinski definition) is 2. The van der Waals surface area contributed by atoms with Gasteiger partial charge in [0.2, 0.25) is 11.8 Å². The number of halogens is 4. The quantitative estimate of drug-likeness (QED) is 0.758. The molecule has 0 saturated heterocycles. The molecule has 0 aliphatic rings. The van der Waals surface area contributed by atoms with E-state index in [0.717, 1.165) is 13.1 Å². The minimum absolute atomic E-state index is 0.167. The van der Waals surface area contributed by atoms with Crippen LogP contribution < -0.4 is 5.32 Å². The fourth-order valence-corrected chi connectivity index (χ4v) is 1.67. The number of nitrogens with zero attached hydrogens (tertiary/aromatic N) is 1. The smallest absolute Gasteiger partial charge is 0.382 e. The highest BCUT2D eigenvalue weighted by atomic mass is 19.4. The third-order valence-corrected chi connectivity index (χ3v) is 2.94. The second kappa shape index (κ2) is 7.91. The van der Waals surface area contributed by atoms with E-state index >= 15 is 0 Å². The van der Waals surface area contributed by atoms with E-state index in [4.69, 9.17) is 5.11 Å². The topological polar surface area (TPSA) is 69.6 Å². The van der Waals surface area contributed by atoms with Crippen LogP contribution in [0.1, 0.15) is 5.56 Å². The maximum atomic E-state index is 12.9. The van der Waals surface area contributed by atoms with Crippen LogP contribution in [0.2, 0.25) is 0 Å². The Morgan fingerprint density at radius 1 is 1.35 bits per heavy atom. The summed E-state index contributed by atoms with van der Waals surface area (Å²) in [5, 5.41) is 11.1. The lowest BCUT2D eigenvalue weighted by Crippen LogP contribution is -2.45. The van der Waals surface area contributed by atoms with Gasteiger partial charge in [0.1, 0.15) is 5.82 Å². The van der Waals surface area contributed by atoms with Crippen LogP contribution in [0.15, 0.2) is 24.3 Å². The predicted octanol–water partition coefficient (Wildman–Crippen LogP) is 0.866. The average molecular weight is 336 g/mol. The number of hydrogen-bond acceptors (Lipinski definition) is 3. The molecular weight excluding hydrogens is 320 g/mol. The first-order valence-corrected chi connectivity index (χ1v) is 6.59. The van der Waals surface area contributed by atoms with E-state index in [1.807, 2.05) is 0 Å². The Kier molecular flexibility index (Phi) is 6.49. The Balaban J connectivity index is 2.41. The third kappa shape index (κ3) is 6.64. The van der Waals surface area contributed by atoms with E-state index < -0.39 is 43.0 Å². The molecule has 1 rings (SSSR count). The number of carbonyl (C=O) groups is 2. The lowest BCUT2D eigenvalue weighted by Gasteiger charge is -2.22. The van der Waals surface area contributed by atoms with Crippen molar-refractivity contribution in [2.24, 2.45) is 0 Å². The van der Waals surface area contributed by atoms with Gasteiger partial charge in [-0.2, -0.15) is 13.2 Å². The van der Waals surface area contributed by atoms with Crippen LogP contribution in [0.5, 0.6) is 0 Å². The summed E-state index contributed by atoms with van der Waals surface area (Å²) < 4.78 is 49.5.